The second kappa shape index (κ2) is 6.92. The van der Waals surface area contributed by atoms with Crippen LogP contribution in [0.2, 0.25) is 0 Å². The Labute approximate surface area is 150 Å². The molecule has 0 fully saturated rings. The van der Waals surface area contributed by atoms with E-state index in [0.717, 1.165) is 13.7 Å². The zero-order valence-corrected chi connectivity index (χ0v) is 14.5. The van der Waals surface area contributed by atoms with E-state index in [2.05, 4.69) is 18.1 Å². The summed E-state index contributed by atoms with van der Waals surface area (Å²) in [6.07, 6.45) is 4.36. The van der Waals surface area contributed by atoms with Crippen LogP contribution in [-0.2, 0) is 19.6 Å². The van der Waals surface area contributed by atoms with Gasteiger partial charge >= 0.3 is 17.1 Å². The summed E-state index contributed by atoms with van der Waals surface area (Å²) in [7, 11) is 0. The highest BCUT2D eigenvalue weighted by Crippen LogP contribution is 2.06. The lowest BCUT2D eigenvalue weighted by molar-refractivity contribution is 0.495. The third-order valence-corrected chi connectivity index (χ3v) is 4.44. The minimum Gasteiger partial charge on any atom is -0.269 e. The van der Waals surface area contributed by atoms with Crippen molar-refractivity contribution in [1.29, 1.82) is 0 Å². The van der Waals surface area contributed by atoms with E-state index >= 15 is 0 Å². The fourth-order valence-corrected chi connectivity index (χ4v) is 3.26. The summed E-state index contributed by atoms with van der Waals surface area (Å²) in [5.41, 5.74) is -2.37. The number of aromatic nitrogens is 5. The Morgan fingerprint density at radius 1 is 0.962 bits per heavy atom. The van der Waals surface area contributed by atoms with Gasteiger partial charge in [0.1, 0.15) is 0 Å². The summed E-state index contributed by atoms with van der Waals surface area (Å²) in [6.45, 7) is 6.72. The van der Waals surface area contributed by atoms with Gasteiger partial charge in [-0.15, -0.1) is 24.5 Å². The van der Waals surface area contributed by atoms with Crippen LogP contribution in [0.25, 0.3) is 4.96 Å². The summed E-state index contributed by atoms with van der Waals surface area (Å²) in [5.74, 6) is 0. The van der Waals surface area contributed by atoms with Gasteiger partial charge in [0.2, 0.25) is 0 Å². The highest BCUT2D eigenvalue weighted by Gasteiger charge is 2.15. The SMILES string of the molecule is C=CCn1c(=O)n(CC=C)c(=O)n(Cc2cc(=O)n3ccsc3n2)c1=O. The molecule has 26 heavy (non-hydrogen) atoms. The molecule has 0 radical (unpaired) electrons. The summed E-state index contributed by atoms with van der Waals surface area (Å²) in [5, 5.41) is 1.71. The van der Waals surface area contributed by atoms with Gasteiger partial charge in [0, 0.05) is 17.6 Å². The first-order valence-corrected chi connectivity index (χ1v) is 8.48. The van der Waals surface area contributed by atoms with Gasteiger partial charge < -0.3 is 0 Å². The van der Waals surface area contributed by atoms with E-state index < -0.39 is 17.1 Å². The number of nitrogens with zero attached hydrogens (tertiary/aromatic N) is 5. The molecule has 3 heterocycles. The van der Waals surface area contributed by atoms with Gasteiger partial charge in [-0.05, 0) is 0 Å². The van der Waals surface area contributed by atoms with Crippen LogP contribution in [0, 0.1) is 0 Å². The van der Waals surface area contributed by atoms with E-state index in [1.807, 2.05) is 0 Å². The van der Waals surface area contributed by atoms with Gasteiger partial charge in [-0.3, -0.25) is 9.20 Å². The number of thiazole rings is 1. The van der Waals surface area contributed by atoms with Crippen molar-refractivity contribution in [1.82, 2.24) is 23.1 Å². The lowest BCUT2D eigenvalue weighted by Crippen LogP contribution is -2.54. The molecule has 0 aliphatic carbocycles. The minimum absolute atomic E-state index is 0.0465. The first kappa shape index (κ1) is 17.5. The van der Waals surface area contributed by atoms with Crippen LogP contribution in [0.5, 0.6) is 0 Å². The maximum Gasteiger partial charge on any atom is 0.336 e. The van der Waals surface area contributed by atoms with Crippen molar-refractivity contribution in [2.24, 2.45) is 0 Å². The Balaban J connectivity index is 2.22. The Hall–Kier alpha value is -3.27. The average Bonchev–Trinajstić information content (AvgIpc) is 3.08. The summed E-state index contributed by atoms with van der Waals surface area (Å²) < 4.78 is 4.04. The van der Waals surface area contributed by atoms with E-state index in [0.29, 0.717) is 4.96 Å². The van der Waals surface area contributed by atoms with Crippen LogP contribution in [0.3, 0.4) is 0 Å². The molecule has 0 aliphatic heterocycles. The molecule has 10 heteroatoms. The lowest BCUT2D eigenvalue weighted by atomic mass is 10.4. The Bertz CT molecular complexity index is 1190. The zero-order valence-electron chi connectivity index (χ0n) is 13.7. The summed E-state index contributed by atoms with van der Waals surface area (Å²) in [4.78, 5) is 54.4. The second-order valence-electron chi connectivity index (χ2n) is 5.37. The van der Waals surface area contributed by atoms with E-state index in [1.165, 1.54) is 34.0 Å². The molecule has 134 valence electrons. The molecule has 0 saturated heterocycles. The van der Waals surface area contributed by atoms with Crippen LogP contribution >= 0.6 is 11.3 Å². The summed E-state index contributed by atoms with van der Waals surface area (Å²) >= 11 is 1.26. The van der Waals surface area contributed by atoms with Crippen molar-refractivity contribution < 1.29 is 0 Å². The van der Waals surface area contributed by atoms with Gasteiger partial charge in [0.25, 0.3) is 5.56 Å². The minimum atomic E-state index is -0.784. The smallest absolute Gasteiger partial charge is 0.269 e. The summed E-state index contributed by atoms with van der Waals surface area (Å²) in [6, 6.07) is 1.26. The Kier molecular flexibility index (Phi) is 4.67. The third-order valence-electron chi connectivity index (χ3n) is 3.69. The predicted molar refractivity (Wildman–Crippen MR) is 98.1 cm³/mol. The molecule has 0 spiro atoms. The molecule has 0 aliphatic rings. The topological polar surface area (TPSA) is 100 Å². The lowest BCUT2D eigenvalue weighted by Gasteiger charge is -2.11. The van der Waals surface area contributed by atoms with Crippen molar-refractivity contribution in [2.75, 3.05) is 0 Å². The van der Waals surface area contributed by atoms with Crippen molar-refractivity contribution in [3.05, 3.63) is 90.5 Å². The standard InChI is InChI=1S/C16H15N5O4S/c1-3-5-19-14(23)20(6-4-2)16(25)21(15(19)24)10-11-9-12(22)18-7-8-26-13(18)17-11/h3-4,7-9H,1-2,5-6,10H2. The van der Waals surface area contributed by atoms with Gasteiger partial charge in [0.05, 0.1) is 25.3 Å². The first-order valence-electron chi connectivity index (χ1n) is 7.60. The molecule has 0 N–H and O–H groups in total. The quantitative estimate of drug-likeness (QED) is 0.551. The molecular weight excluding hydrogens is 358 g/mol. The fraction of sp³-hybridized carbons (Fsp3) is 0.188. The van der Waals surface area contributed by atoms with Crippen molar-refractivity contribution in [3.8, 4) is 0 Å². The molecule has 0 atom stereocenters. The number of allylic oxidation sites excluding steroid dienone is 2. The van der Waals surface area contributed by atoms with Crippen LogP contribution in [0.15, 0.2) is 62.1 Å². The van der Waals surface area contributed by atoms with Gasteiger partial charge in [-0.25, -0.2) is 33.1 Å². The number of rotatable bonds is 6. The third kappa shape index (κ3) is 2.90. The first-order chi connectivity index (χ1) is 12.5. The molecule has 0 bridgehead atoms. The van der Waals surface area contributed by atoms with E-state index in [4.69, 9.17) is 0 Å². The van der Waals surface area contributed by atoms with E-state index in [-0.39, 0.29) is 30.9 Å². The zero-order chi connectivity index (χ0) is 18.8. The van der Waals surface area contributed by atoms with Crippen LogP contribution in [0.1, 0.15) is 5.69 Å². The van der Waals surface area contributed by atoms with Crippen LogP contribution in [0.4, 0.5) is 0 Å². The monoisotopic (exact) mass is 373 g/mol. The van der Waals surface area contributed by atoms with Crippen molar-refractivity contribution >= 4 is 16.3 Å². The number of hydrogen-bond acceptors (Lipinski definition) is 6. The predicted octanol–water partition coefficient (Wildman–Crippen LogP) is -0.339. The van der Waals surface area contributed by atoms with Crippen molar-refractivity contribution in [3.63, 3.8) is 0 Å². The second-order valence-corrected chi connectivity index (χ2v) is 6.25. The van der Waals surface area contributed by atoms with Gasteiger partial charge in [-0.2, -0.15) is 0 Å². The molecular formula is C16H15N5O4S. The molecule has 0 aromatic carbocycles. The molecule has 9 nitrogen and oxygen atoms in total. The molecule has 3 aromatic heterocycles. The van der Waals surface area contributed by atoms with E-state index in [1.54, 1.807) is 11.6 Å². The van der Waals surface area contributed by atoms with Crippen LogP contribution in [-0.4, -0.2) is 23.1 Å². The van der Waals surface area contributed by atoms with Gasteiger partial charge in [0.15, 0.2) is 4.96 Å². The maximum atomic E-state index is 12.6. The molecule has 0 saturated carbocycles. The van der Waals surface area contributed by atoms with Crippen molar-refractivity contribution in [2.45, 2.75) is 19.6 Å². The van der Waals surface area contributed by atoms with E-state index in [9.17, 15) is 19.2 Å². The normalized spacial score (nSPS) is 10.9. The number of hydrogen-bond donors (Lipinski definition) is 0. The average molecular weight is 373 g/mol. The molecule has 3 rings (SSSR count). The molecule has 0 amide bonds. The molecule has 0 unspecified atom stereocenters. The molecule has 3 aromatic rings. The maximum absolute atomic E-state index is 12.6. The van der Waals surface area contributed by atoms with Gasteiger partial charge in [-0.1, -0.05) is 12.2 Å². The Morgan fingerprint density at radius 2 is 1.54 bits per heavy atom. The number of fused-ring (bicyclic) bond motifs is 1. The largest absolute Gasteiger partial charge is 0.336 e. The Morgan fingerprint density at radius 3 is 2.12 bits per heavy atom. The highest BCUT2D eigenvalue weighted by atomic mass is 32.1. The highest BCUT2D eigenvalue weighted by molar-refractivity contribution is 7.15. The fourth-order valence-electron chi connectivity index (χ4n) is 2.52. The van der Waals surface area contributed by atoms with Crippen LogP contribution < -0.4 is 22.6 Å².